The van der Waals surface area contributed by atoms with Gasteiger partial charge in [-0.1, -0.05) is 26.0 Å². The zero-order valence-corrected chi connectivity index (χ0v) is 10.9. The van der Waals surface area contributed by atoms with Gasteiger partial charge in [-0.2, -0.15) is 0 Å². The molecule has 2 heteroatoms. The summed E-state index contributed by atoms with van der Waals surface area (Å²) in [4.78, 5) is 1.34. The van der Waals surface area contributed by atoms with Crippen molar-refractivity contribution in [2.24, 2.45) is 5.92 Å². The van der Waals surface area contributed by atoms with E-state index in [-0.39, 0.29) is 0 Å². The van der Waals surface area contributed by atoms with Gasteiger partial charge >= 0.3 is 0 Å². The molecule has 0 saturated heterocycles. The van der Waals surface area contributed by atoms with Crippen LogP contribution in [-0.2, 0) is 0 Å². The lowest BCUT2D eigenvalue weighted by atomic mass is 9.88. The molecule has 0 aromatic heterocycles. The third-order valence-electron chi connectivity index (χ3n) is 2.77. The van der Waals surface area contributed by atoms with Gasteiger partial charge in [0.1, 0.15) is 0 Å². The fourth-order valence-electron chi connectivity index (χ4n) is 1.81. The second-order valence-corrected chi connectivity index (χ2v) is 5.06. The quantitative estimate of drug-likeness (QED) is 0.768. The zero-order chi connectivity index (χ0) is 11.3. The Kier molecular flexibility index (Phi) is 5.20. The minimum absolute atomic E-state index is 0.617. The maximum Gasteiger partial charge on any atom is 0.00693 e. The summed E-state index contributed by atoms with van der Waals surface area (Å²) < 4.78 is 0. The van der Waals surface area contributed by atoms with E-state index >= 15 is 0 Å². The molecule has 1 aromatic carbocycles. The Balaban J connectivity index is 2.81. The maximum absolute atomic E-state index is 3.27. The van der Waals surface area contributed by atoms with Crippen LogP contribution in [0, 0.1) is 5.92 Å². The predicted octanol–water partition coefficient (Wildman–Crippen LogP) is 3.37. The first-order chi connectivity index (χ1) is 7.19. The van der Waals surface area contributed by atoms with Gasteiger partial charge < -0.3 is 5.32 Å². The van der Waals surface area contributed by atoms with E-state index in [4.69, 9.17) is 0 Å². The van der Waals surface area contributed by atoms with Crippen LogP contribution >= 0.6 is 11.8 Å². The van der Waals surface area contributed by atoms with Crippen molar-refractivity contribution in [2.75, 3.05) is 19.8 Å². The zero-order valence-electron chi connectivity index (χ0n) is 10.1. The van der Waals surface area contributed by atoms with Crippen molar-refractivity contribution in [1.82, 2.24) is 5.32 Å². The van der Waals surface area contributed by atoms with Gasteiger partial charge in [-0.3, -0.25) is 0 Å². The highest BCUT2D eigenvalue weighted by molar-refractivity contribution is 7.98. The maximum atomic E-state index is 3.27. The molecule has 0 saturated carbocycles. The summed E-state index contributed by atoms with van der Waals surface area (Å²) in [5.41, 5.74) is 1.44. The van der Waals surface area contributed by atoms with Crippen LogP contribution in [0.4, 0.5) is 0 Å². The molecule has 0 aliphatic rings. The van der Waals surface area contributed by atoms with Crippen molar-refractivity contribution in [3.05, 3.63) is 29.8 Å². The molecule has 0 heterocycles. The highest BCUT2D eigenvalue weighted by atomic mass is 32.2. The fourth-order valence-corrected chi connectivity index (χ4v) is 2.22. The van der Waals surface area contributed by atoms with Crippen molar-refractivity contribution in [3.63, 3.8) is 0 Å². The lowest BCUT2D eigenvalue weighted by Crippen LogP contribution is -2.21. The monoisotopic (exact) mass is 223 g/mol. The molecule has 0 fully saturated rings. The average Bonchev–Trinajstić information content (AvgIpc) is 2.26. The van der Waals surface area contributed by atoms with Gasteiger partial charge in [-0.05, 0) is 42.8 Å². The molecule has 1 rings (SSSR count). The third-order valence-corrected chi connectivity index (χ3v) is 3.52. The molecule has 0 aliphatic carbocycles. The second-order valence-electron chi connectivity index (χ2n) is 4.18. The molecule has 1 atom stereocenters. The molecule has 1 nitrogen and oxygen atoms in total. The minimum atomic E-state index is 0.617. The molecule has 15 heavy (non-hydrogen) atoms. The van der Waals surface area contributed by atoms with E-state index < -0.39 is 0 Å². The Hall–Kier alpha value is -0.470. The van der Waals surface area contributed by atoms with Crippen LogP contribution in [0.25, 0.3) is 0 Å². The van der Waals surface area contributed by atoms with E-state index in [9.17, 15) is 0 Å². The van der Waals surface area contributed by atoms with Crippen LogP contribution in [0.2, 0.25) is 0 Å². The Labute approximate surface area is 97.7 Å². The number of likely N-dealkylation sites (N-methyl/N-ethyl adjacent to an activating group) is 1. The summed E-state index contributed by atoms with van der Waals surface area (Å²) in [5, 5.41) is 3.27. The van der Waals surface area contributed by atoms with Crippen LogP contribution in [0.3, 0.4) is 0 Å². The summed E-state index contributed by atoms with van der Waals surface area (Å²) in [6, 6.07) is 8.94. The molecule has 0 radical (unpaired) electrons. The molecule has 0 bridgehead atoms. The van der Waals surface area contributed by atoms with E-state index in [1.807, 2.05) is 7.05 Å². The van der Waals surface area contributed by atoms with Crippen molar-refractivity contribution >= 4 is 11.8 Å². The molecule has 1 unspecified atom stereocenters. The van der Waals surface area contributed by atoms with Crippen LogP contribution in [0.1, 0.15) is 25.3 Å². The van der Waals surface area contributed by atoms with Gasteiger partial charge in [0.15, 0.2) is 0 Å². The van der Waals surface area contributed by atoms with Gasteiger partial charge in [0.2, 0.25) is 0 Å². The van der Waals surface area contributed by atoms with Gasteiger partial charge in [0.25, 0.3) is 0 Å². The third kappa shape index (κ3) is 3.54. The number of hydrogen-bond donors (Lipinski definition) is 1. The smallest absolute Gasteiger partial charge is 0.00693 e. The van der Waals surface area contributed by atoms with E-state index in [0.29, 0.717) is 11.8 Å². The van der Waals surface area contributed by atoms with Crippen molar-refractivity contribution in [2.45, 2.75) is 24.7 Å². The van der Waals surface area contributed by atoms with E-state index in [2.05, 4.69) is 49.7 Å². The number of benzene rings is 1. The van der Waals surface area contributed by atoms with Gasteiger partial charge in [-0.15, -0.1) is 11.8 Å². The van der Waals surface area contributed by atoms with Gasteiger partial charge in [0.05, 0.1) is 0 Å². The number of hydrogen-bond acceptors (Lipinski definition) is 2. The SMILES string of the molecule is CNCC(c1ccc(SC)cc1)C(C)C. The first kappa shape index (κ1) is 12.6. The van der Waals surface area contributed by atoms with Crippen LogP contribution in [0.5, 0.6) is 0 Å². The second kappa shape index (κ2) is 6.19. The Morgan fingerprint density at radius 2 is 1.80 bits per heavy atom. The van der Waals surface area contributed by atoms with Crippen LogP contribution in [-0.4, -0.2) is 19.8 Å². The van der Waals surface area contributed by atoms with E-state index in [1.54, 1.807) is 11.8 Å². The van der Waals surface area contributed by atoms with Crippen LogP contribution in [0.15, 0.2) is 29.2 Å². The fraction of sp³-hybridized carbons (Fsp3) is 0.538. The standard InChI is InChI=1S/C13H21NS/c1-10(2)13(9-14-3)11-5-7-12(15-4)8-6-11/h5-8,10,13-14H,9H2,1-4H3. The highest BCUT2D eigenvalue weighted by Gasteiger charge is 2.14. The molecule has 0 amide bonds. The van der Waals surface area contributed by atoms with Crippen LogP contribution < -0.4 is 5.32 Å². The molecular weight excluding hydrogens is 202 g/mol. The molecular formula is C13H21NS. The number of rotatable bonds is 5. The predicted molar refractivity (Wildman–Crippen MR) is 69.7 cm³/mol. The molecule has 0 aliphatic heterocycles. The first-order valence-corrected chi connectivity index (χ1v) is 6.70. The van der Waals surface area contributed by atoms with Gasteiger partial charge in [-0.25, -0.2) is 0 Å². The summed E-state index contributed by atoms with van der Waals surface area (Å²) in [5.74, 6) is 1.29. The minimum Gasteiger partial charge on any atom is -0.319 e. The first-order valence-electron chi connectivity index (χ1n) is 5.47. The molecule has 1 aromatic rings. The van der Waals surface area contributed by atoms with Crippen molar-refractivity contribution in [1.29, 1.82) is 0 Å². The van der Waals surface area contributed by atoms with Crippen molar-refractivity contribution < 1.29 is 0 Å². The Morgan fingerprint density at radius 1 is 1.20 bits per heavy atom. The summed E-state index contributed by atoms with van der Waals surface area (Å²) in [6.45, 7) is 5.62. The number of thioether (sulfide) groups is 1. The Morgan fingerprint density at radius 3 is 2.20 bits per heavy atom. The van der Waals surface area contributed by atoms with Gasteiger partial charge in [0, 0.05) is 11.4 Å². The van der Waals surface area contributed by atoms with E-state index in [1.165, 1.54) is 10.5 Å². The molecule has 1 N–H and O–H groups in total. The summed E-state index contributed by atoms with van der Waals surface area (Å²) in [6.07, 6.45) is 2.11. The molecule has 84 valence electrons. The average molecular weight is 223 g/mol. The normalized spacial score (nSPS) is 13.1. The summed E-state index contributed by atoms with van der Waals surface area (Å²) >= 11 is 1.80. The van der Waals surface area contributed by atoms with Crippen molar-refractivity contribution in [3.8, 4) is 0 Å². The summed E-state index contributed by atoms with van der Waals surface area (Å²) in [7, 11) is 2.02. The topological polar surface area (TPSA) is 12.0 Å². The lowest BCUT2D eigenvalue weighted by molar-refractivity contribution is 0.478. The largest absolute Gasteiger partial charge is 0.319 e. The lowest BCUT2D eigenvalue weighted by Gasteiger charge is -2.21. The Bertz CT molecular complexity index is 279. The van der Waals surface area contributed by atoms with E-state index in [0.717, 1.165) is 6.54 Å². The molecule has 0 spiro atoms. The number of nitrogens with one attached hydrogen (secondary N) is 1. The highest BCUT2D eigenvalue weighted by Crippen LogP contribution is 2.25.